The Kier molecular flexibility index (Phi) is 6.54. The van der Waals surface area contributed by atoms with E-state index in [9.17, 15) is 5.11 Å². The summed E-state index contributed by atoms with van der Waals surface area (Å²) in [5.41, 5.74) is 2.92. The molecule has 1 fully saturated rings. The molecule has 1 saturated heterocycles. The van der Waals surface area contributed by atoms with Crippen molar-refractivity contribution < 1.29 is 5.11 Å². The van der Waals surface area contributed by atoms with Crippen molar-refractivity contribution in [3.63, 3.8) is 0 Å². The second kappa shape index (κ2) is 9.28. The highest BCUT2D eigenvalue weighted by Gasteiger charge is 2.21. The van der Waals surface area contributed by atoms with Gasteiger partial charge in [-0.05, 0) is 68.6 Å². The molecular formula is C21H27N5O. The smallest absolute Gasteiger partial charge is 0.115 e. The summed E-state index contributed by atoms with van der Waals surface area (Å²) in [5, 5.41) is 13.6. The lowest BCUT2D eigenvalue weighted by atomic mass is 9.89. The van der Waals surface area contributed by atoms with Gasteiger partial charge in [-0.15, -0.1) is 0 Å². The summed E-state index contributed by atoms with van der Waals surface area (Å²) in [6.45, 7) is 4.65. The van der Waals surface area contributed by atoms with Crippen molar-refractivity contribution in [1.82, 2.24) is 9.88 Å². The molecular weight excluding hydrogens is 338 g/mol. The summed E-state index contributed by atoms with van der Waals surface area (Å²) in [5.74, 6) is 6.41. The van der Waals surface area contributed by atoms with E-state index >= 15 is 0 Å². The Bertz CT molecular complexity index is 782. The van der Waals surface area contributed by atoms with Gasteiger partial charge >= 0.3 is 0 Å². The SMILES string of the molecule is CC(N=CC(CN1CCC(c2cccc(O)c2)CC1)=NN)c1ccccn1. The molecule has 0 saturated carbocycles. The molecule has 3 rings (SSSR count). The Morgan fingerprint density at radius 1 is 1.30 bits per heavy atom. The average molecular weight is 365 g/mol. The molecule has 2 heterocycles. The number of aromatic hydroxyl groups is 1. The monoisotopic (exact) mass is 365 g/mol. The molecule has 3 N–H and O–H groups in total. The molecule has 1 atom stereocenters. The van der Waals surface area contributed by atoms with Crippen molar-refractivity contribution in [1.29, 1.82) is 0 Å². The van der Waals surface area contributed by atoms with E-state index in [2.05, 4.69) is 26.0 Å². The van der Waals surface area contributed by atoms with Gasteiger partial charge < -0.3 is 10.9 Å². The third kappa shape index (κ3) is 5.37. The molecule has 142 valence electrons. The Morgan fingerprint density at radius 3 is 2.78 bits per heavy atom. The van der Waals surface area contributed by atoms with Gasteiger partial charge in [-0.3, -0.25) is 14.9 Å². The maximum Gasteiger partial charge on any atom is 0.115 e. The van der Waals surface area contributed by atoms with Crippen LogP contribution >= 0.6 is 0 Å². The van der Waals surface area contributed by atoms with Crippen LogP contribution in [0.25, 0.3) is 0 Å². The molecule has 1 aromatic carbocycles. The fraction of sp³-hybridized carbons (Fsp3) is 0.381. The maximum absolute atomic E-state index is 9.67. The number of nitrogens with two attached hydrogens (primary N) is 1. The molecule has 0 spiro atoms. The molecule has 0 amide bonds. The zero-order valence-corrected chi connectivity index (χ0v) is 15.7. The highest BCUT2D eigenvalue weighted by atomic mass is 16.3. The molecule has 6 heteroatoms. The van der Waals surface area contributed by atoms with Crippen LogP contribution in [0.4, 0.5) is 0 Å². The number of likely N-dealkylation sites (tertiary alicyclic amines) is 1. The molecule has 2 aromatic rings. The standard InChI is InChI=1S/C21H27N5O/c1-16(21-7-2-3-10-23-21)24-14-19(25-22)15-26-11-8-17(9-12-26)18-5-4-6-20(27)13-18/h2-7,10,13-14,16-17,27H,8-9,11-12,15,22H2,1H3. The number of hydrazone groups is 1. The van der Waals surface area contributed by atoms with E-state index in [4.69, 9.17) is 5.84 Å². The first-order valence-corrected chi connectivity index (χ1v) is 9.38. The number of rotatable bonds is 6. The zero-order valence-electron chi connectivity index (χ0n) is 15.7. The van der Waals surface area contributed by atoms with E-state index in [1.807, 2.05) is 37.3 Å². The van der Waals surface area contributed by atoms with Gasteiger partial charge in [0.1, 0.15) is 5.75 Å². The quantitative estimate of drug-likeness (QED) is 0.468. The summed E-state index contributed by atoms with van der Waals surface area (Å²) in [7, 11) is 0. The number of piperidine rings is 1. The molecule has 1 aromatic heterocycles. The van der Waals surface area contributed by atoms with Crippen LogP contribution in [0.3, 0.4) is 0 Å². The number of phenols is 1. The Balaban J connectivity index is 1.52. The second-order valence-corrected chi connectivity index (χ2v) is 6.97. The number of aromatic nitrogens is 1. The lowest BCUT2D eigenvalue weighted by molar-refractivity contribution is 0.239. The van der Waals surface area contributed by atoms with Crippen molar-refractivity contribution in [2.24, 2.45) is 15.9 Å². The van der Waals surface area contributed by atoms with Gasteiger partial charge in [0, 0.05) is 19.0 Å². The normalized spacial score (nSPS) is 18.0. The highest BCUT2D eigenvalue weighted by molar-refractivity contribution is 6.31. The van der Waals surface area contributed by atoms with Gasteiger partial charge in [0.05, 0.1) is 17.4 Å². The largest absolute Gasteiger partial charge is 0.508 e. The molecule has 1 unspecified atom stereocenters. The van der Waals surface area contributed by atoms with E-state index in [0.29, 0.717) is 18.2 Å². The summed E-state index contributed by atoms with van der Waals surface area (Å²) in [4.78, 5) is 11.2. The number of nitrogens with zero attached hydrogens (tertiary/aromatic N) is 4. The number of aliphatic imine (C=N–C) groups is 1. The Morgan fingerprint density at radius 2 is 2.11 bits per heavy atom. The summed E-state index contributed by atoms with van der Waals surface area (Å²) in [6, 6.07) is 13.4. The van der Waals surface area contributed by atoms with Crippen LogP contribution in [-0.4, -0.2) is 46.6 Å². The van der Waals surface area contributed by atoms with Crippen molar-refractivity contribution in [2.45, 2.75) is 31.7 Å². The first-order valence-electron chi connectivity index (χ1n) is 9.38. The maximum atomic E-state index is 9.67. The molecule has 0 bridgehead atoms. The third-order valence-corrected chi connectivity index (χ3v) is 5.04. The predicted molar refractivity (Wildman–Crippen MR) is 109 cm³/mol. The van der Waals surface area contributed by atoms with E-state index in [1.165, 1.54) is 5.56 Å². The molecule has 1 aliphatic rings. The lowest BCUT2D eigenvalue weighted by Crippen LogP contribution is -2.37. The van der Waals surface area contributed by atoms with E-state index in [0.717, 1.165) is 37.3 Å². The number of pyridine rings is 1. The summed E-state index contributed by atoms with van der Waals surface area (Å²) >= 11 is 0. The minimum Gasteiger partial charge on any atom is -0.508 e. The van der Waals surface area contributed by atoms with Crippen molar-refractivity contribution in [3.05, 3.63) is 59.9 Å². The summed E-state index contributed by atoms with van der Waals surface area (Å²) in [6.07, 6.45) is 5.65. The van der Waals surface area contributed by atoms with Crippen LogP contribution in [-0.2, 0) is 0 Å². The number of phenolic OH excluding ortho intramolecular Hbond substituents is 1. The van der Waals surface area contributed by atoms with Crippen LogP contribution in [0.5, 0.6) is 5.75 Å². The molecule has 6 nitrogen and oxygen atoms in total. The van der Waals surface area contributed by atoms with Gasteiger partial charge in [-0.25, -0.2) is 0 Å². The fourth-order valence-electron chi connectivity index (χ4n) is 3.44. The van der Waals surface area contributed by atoms with Crippen LogP contribution in [0.15, 0.2) is 58.8 Å². The Hall–Kier alpha value is -2.73. The fourth-order valence-corrected chi connectivity index (χ4v) is 3.44. The minimum absolute atomic E-state index is 0.0283. The van der Waals surface area contributed by atoms with Crippen molar-refractivity contribution in [3.8, 4) is 5.75 Å². The van der Waals surface area contributed by atoms with Gasteiger partial charge in [0.15, 0.2) is 0 Å². The number of hydrogen-bond donors (Lipinski definition) is 2. The predicted octanol–water partition coefficient (Wildman–Crippen LogP) is 3.11. The second-order valence-electron chi connectivity index (χ2n) is 6.97. The summed E-state index contributed by atoms with van der Waals surface area (Å²) < 4.78 is 0. The van der Waals surface area contributed by atoms with E-state index in [-0.39, 0.29) is 6.04 Å². The van der Waals surface area contributed by atoms with Crippen LogP contribution in [0.1, 0.15) is 43.0 Å². The molecule has 0 aliphatic carbocycles. The van der Waals surface area contributed by atoms with Crippen LogP contribution in [0.2, 0.25) is 0 Å². The zero-order chi connectivity index (χ0) is 19.1. The number of hydrogen-bond acceptors (Lipinski definition) is 6. The van der Waals surface area contributed by atoms with Crippen molar-refractivity contribution >= 4 is 11.9 Å². The Labute approximate surface area is 160 Å². The minimum atomic E-state index is -0.0283. The lowest BCUT2D eigenvalue weighted by Gasteiger charge is -2.32. The van der Waals surface area contributed by atoms with Gasteiger partial charge in [0.2, 0.25) is 0 Å². The first kappa shape index (κ1) is 19.0. The highest BCUT2D eigenvalue weighted by Crippen LogP contribution is 2.29. The van der Waals surface area contributed by atoms with Gasteiger partial charge in [-0.2, -0.15) is 5.10 Å². The van der Waals surface area contributed by atoms with E-state index in [1.54, 1.807) is 18.5 Å². The first-order chi connectivity index (χ1) is 13.2. The van der Waals surface area contributed by atoms with Crippen molar-refractivity contribution in [2.75, 3.05) is 19.6 Å². The average Bonchev–Trinajstić information content (AvgIpc) is 2.72. The topological polar surface area (TPSA) is 87.1 Å². The van der Waals surface area contributed by atoms with Gasteiger partial charge in [-0.1, -0.05) is 18.2 Å². The van der Waals surface area contributed by atoms with Crippen LogP contribution in [0, 0.1) is 0 Å². The third-order valence-electron chi connectivity index (χ3n) is 5.04. The molecule has 27 heavy (non-hydrogen) atoms. The molecule has 0 radical (unpaired) electrons. The van der Waals surface area contributed by atoms with Gasteiger partial charge in [0.25, 0.3) is 0 Å². The molecule has 1 aliphatic heterocycles. The van der Waals surface area contributed by atoms with E-state index < -0.39 is 0 Å². The number of benzene rings is 1. The van der Waals surface area contributed by atoms with Crippen LogP contribution < -0.4 is 5.84 Å².